The number of aliphatic imine (C=N–C) groups is 1. The van der Waals surface area contributed by atoms with E-state index in [1.54, 1.807) is 37.5 Å². The lowest BCUT2D eigenvalue weighted by Crippen LogP contribution is -2.48. The zero-order chi connectivity index (χ0) is 27.7. The van der Waals surface area contributed by atoms with E-state index in [9.17, 15) is 14.4 Å². The van der Waals surface area contributed by atoms with Crippen molar-refractivity contribution in [2.45, 2.75) is 31.8 Å². The number of para-hydroxylation sites is 1. The SMILES string of the molecule is C=C(/N=C\C=C/C)N(C)C(=O)N(Cc1cnc2cc3c(cc2n1)CC1(C3)C(=O)NC(=O)N1C)c1ccccc1. The van der Waals surface area contributed by atoms with Crippen molar-refractivity contribution >= 4 is 40.9 Å². The fourth-order valence-corrected chi connectivity index (χ4v) is 4.96. The Hall–Kier alpha value is -4.86. The number of fused-ring (bicyclic) bond motifs is 2. The maximum Gasteiger partial charge on any atom is 0.330 e. The lowest BCUT2D eigenvalue weighted by Gasteiger charge is -2.28. The largest absolute Gasteiger partial charge is 0.330 e. The van der Waals surface area contributed by atoms with Crippen LogP contribution in [0.2, 0.25) is 0 Å². The standard InChI is InChI=1S/C29H29N7O3/c1-5-6-12-30-19(2)34(3)28(39)36(23-10-8-7-9-11-23)18-22-17-31-24-13-20-15-29(16-21(20)14-25(24)32-22)26(37)33-27(38)35(29)4/h5-14,17H,2,15-16,18H2,1,3-4H3,(H,33,37,38)/b6-5-,30-12-. The number of hydrogen-bond acceptors (Lipinski definition) is 6. The van der Waals surface area contributed by atoms with Crippen molar-refractivity contribution in [2.24, 2.45) is 4.99 Å². The van der Waals surface area contributed by atoms with Crippen molar-refractivity contribution in [3.63, 3.8) is 0 Å². The molecule has 1 saturated heterocycles. The summed E-state index contributed by atoms with van der Waals surface area (Å²) < 4.78 is 0. The lowest BCUT2D eigenvalue weighted by molar-refractivity contribution is -0.125. The van der Waals surface area contributed by atoms with E-state index in [2.05, 4.69) is 21.9 Å². The highest BCUT2D eigenvalue weighted by molar-refractivity contribution is 6.07. The molecule has 0 saturated carbocycles. The molecule has 198 valence electrons. The van der Waals surface area contributed by atoms with E-state index in [0.29, 0.717) is 41.1 Å². The van der Waals surface area contributed by atoms with Crippen molar-refractivity contribution in [3.8, 4) is 0 Å². The zero-order valence-corrected chi connectivity index (χ0v) is 22.1. The second-order valence-corrected chi connectivity index (χ2v) is 9.66. The molecule has 2 aromatic carbocycles. The first kappa shape index (κ1) is 25.8. The number of nitrogens with zero attached hydrogens (tertiary/aromatic N) is 6. The molecule has 1 atom stereocenters. The van der Waals surface area contributed by atoms with Crippen molar-refractivity contribution in [3.05, 3.63) is 90.0 Å². The average molecular weight is 524 g/mol. The van der Waals surface area contributed by atoms with Crippen LogP contribution >= 0.6 is 0 Å². The Morgan fingerprint density at radius 3 is 2.51 bits per heavy atom. The third-order valence-corrected chi connectivity index (χ3v) is 7.26. The van der Waals surface area contributed by atoms with Crippen LogP contribution < -0.4 is 10.2 Å². The number of anilines is 1. The van der Waals surface area contributed by atoms with E-state index in [1.807, 2.05) is 55.5 Å². The molecule has 5 amide bonds. The number of likely N-dealkylation sites (N-methyl/N-ethyl adjacent to an activating group) is 1. The van der Waals surface area contributed by atoms with Crippen LogP contribution in [0.25, 0.3) is 11.0 Å². The predicted octanol–water partition coefficient (Wildman–Crippen LogP) is 3.83. The first-order valence-corrected chi connectivity index (χ1v) is 12.5. The van der Waals surface area contributed by atoms with Gasteiger partial charge in [-0.3, -0.25) is 24.9 Å². The van der Waals surface area contributed by atoms with Gasteiger partial charge in [-0.15, -0.1) is 0 Å². The second-order valence-electron chi connectivity index (χ2n) is 9.66. The molecule has 10 heteroatoms. The molecule has 0 radical (unpaired) electrons. The van der Waals surface area contributed by atoms with Crippen LogP contribution in [0.15, 0.2) is 78.2 Å². The number of carbonyl (C=O) groups is 3. The Kier molecular flexibility index (Phi) is 6.69. The molecule has 0 bridgehead atoms. The molecule has 1 unspecified atom stereocenters. The van der Waals surface area contributed by atoms with Gasteiger partial charge >= 0.3 is 12.1 Å². The van der Waals surface area contributed by atoms with Gasteiger partial charge in [0.05, 0.1) is 29.5 Å². The monoisotopic (exact) mass is 523 g/mol. The number of nitrogens with one attached hydrogen (secondary N) is 1. The molecular weight excluding hydrogens is 494 g/mol. The van der Waals surface area contributed by atoms with Gasteiger partial charge in [0.15, 0.2) is 0 Å². The fraction of sp³-hybridized carbons (Fsp3) is 0.241. The molecule has 1 aliphatic carbocycles. The maximum atomic E-state index is 13.6. The van der Waals surface area contributed by atoms with E-state index in [0.717, 1.165) is 11.1 Å². The minimum Gasteiger partial charge on any atom is -0.312 e. The van der Waals surface area contributed by atoms with Crippen LogP contribution in [0.1, 0.15) is 23.7 Å². The zero-order valence-electron chi connectivity index (χ0n) is 22.1. The molecule has 5 rings (SSSR count). The number of urea groups is 2. The summed E-state index contributed by atoms with van der Waals surface area (Å²) in [7, 11) is 3.27. The van der Waals surface area contributed by atoms with Crippen molar-refractivity contribution in [2.75, 3.05) is 19.0 Å². The Morgan fingerprint density at radius 2 is 1.87 bits per heavy atom. The van der Waals surface area contributed by atoms with Gasteiger partial charge in [0.2, 0.25) is 0 Å². The molecule has 2 aliphatic rings. The molecule has 3 aromatic rings. The Bertz CT molecular complexity index is 1550. The molecule has 39 heavy (non-hydrogen) atoms. The molecule has 1 aromatic heterocycles. The van der Waals surface area contributed by atoms with Gasteiger partial charge in [-0.25, -0.2) is 19.6 Å². The molecule has 1 fully saturated rings. The van der Waals surface area contributed by atoms with E-state index in [4.69, 9.17) is 4.98 Å². The Labute approximate surface area is 226 Å². The van der Waals surface area contributed by atoms with Crippen LogP contribution in [-0.2, 0) is 24.2 Å². The third-order valence-electron chi connectivity index (χ3n) is 7.26. The minimum absolute atomic E-state index is 0.169. The highest BCUT2D eigenvalue weighted by atomic mass is 16.2. The summed E-state index contributed by atoms with van der Waals surface area (Å²) >= 11 is 0. The molecule has 1 N–H and O–H groups in total. The van der Waals surface area contributed by atoms with Crippen LogP contribution in [0.3, 0.4) is 0 Å². The van der Waals surface area contributed by atoms with Gasteiger partial charge in [0.25, 0.3) is 5.91 Å². The molecule has 1 aliphatic heterocycles. The van der Waals surface area contributed by atoms with Crippen molar-refractivity contribution < 1.29 is 14.4 Å². The van der Waals surface area contributed by atoms with E-state index in [-0.39, 0.29) is 24.5 Å². The first-order valence-electron chi connectivity index (χ1n) is 12.5. The number of aromatic nitrogens is 2. The Morgan fingerprint density at radius 1 is 1.18 bits per heavy atom. The van der Waals surface area contributed by atoms with Crippen molar-refractivity contribution in [1.82, 2.24) is 25.1 Å². The summed E-state index contributed by atoms with van der Waals surface area (Å²) in [6.07, 6.45) is 7.67. The number of allylic oxidation sites excluding steroid dienone is 2. The van der Waals surface area contributed by atoms with Gasteiger partial charge in [0.1, 0.15) is 11.4 Å². The maximum absolute atomic E-state index is 13.6. The first-order chi connectivity index (χ1) is 18.7. The topological polar surface area (TPSA) is 111 Å². The number of rotatable bonds is 6. The summed E-state index contributed by atoms with van der Waals surface area (Å²) in [5, 5.41) is 2.42. The summed E-state index contributed by atoms with van der Waals surface area (Å²) in [5.41, 5.74) is 3.64. The summed E-state index contributed by atoms with van der Waals surface area (Å²) in [6.45, 7) is 5.96. The minimum atomic E-state index is -0.918. The summed E-state index contributed by atoms with van der Waals surface area (Å²) in [4.78, 5) is 56.5. The van der Waals surface area contributed by atoms with E-state index < -0.39 is 5.54 Å². The quantitative estimate of drug-likeness (QED) is 0.390. The smallest absolute Gasteiger partial charge is 0.312 e. The number of imide groups is 1. The highest BCUT2D eigenvalue weighted by Gasteiger charge is 2.54. The Balaban J connectivity index is 1.44. The van der Waals surface area contributed by atoms with Gasteiger partial charge in [-0.05, 0) is 48.4 Å². The van der Waals surface area contributed by atoms with Crippen LogP contribution in [0.5, 0.6) is 0 Å². The average Bonchev–Trinajstić information content (AvgIpc) is 3.41. The molecule has 1 spiro atoms. The summed E-state index contributed by atoms with van der Waals surface area (Å²) in [6, 6.07) is 12.5. The second kappa shape index (κ2) is 10.1. The summed E-state index contributed by atoms with van der Waals surface area (Å²) in [5.74, 6) is 0.0159. The number of hydrogen-bond donors (Lipinski definition) is 1. The van der Waals surface area contributed by atoms with Crippen LogP contribution in [0, 0.1) is 0 Å². The molecule has 2 heterocycles. The van der Waals surface area contributed by atoms with Gasteiger partial charge in [0, 0.05) is 38.8 Å². The molecule has 10 nitrogen and oxygen atoms in total. The van der Waals surface area contributed by atoms with Crippen LogP contribution in [0.4, 0.5) is 15.3 Å². The van der Waals surface area contributed by atoms with E-state index >= 15 is 0 Å². The predicted molar refractivity (Wildman–Crippen MR) is 149 cm³/mol. The normalized spacial score (nSPS) is 18.4. The van der Waals surface area contributed by atoms with Crippen LogP contribution in [-0.4, -0.2) is 63.6 Å². The van der Waals surface area contributed by atoms with Gasteiger partial charge in [-0.2, -0.15) is 0 Å². The highest BCUT2D eigenvalue weighted by Crippen LogP contribution is 2.38. The third kappa shape index (κ3) is 4.65. The van der Waals surface area contributed by atoms with Gasteiger partial charge < -0.3 is 4.90 Å². The lowest BCUT2D eigenvalue weighted by atomic mass is 9.95. The fourth-order valence-electron chi connectivity index (χ4n) is 4.96. The van der Waals surface area contributed by atoms with E-state index in [1.165, 1.54) is 9.80 Å². The number of benzene rings is 2. The number of amides is 5. The van der Waals surface area contributed by atoms with Crippen molar-refractivity contribution in [1.29, 1.82) is 0 Å². The molecular formula is C29H29N7O3. The van der Waals surface area contributed by atoms with Gasteiger partial charge in [-0.1, -0.05) is 30.9 Å². The number of carbonyl (C=O) groups excluding carboxylic acids is 3.